The van der Waals surface area contributed by atoms with Gasteiger partial charge in [-0.15, -0.1) is 5.10 Å². The molecule has 3 rings (SSSR count). The van der Waals surface area contributed by atoms with E-state index in [0.717, 1.165) is 23.9 Å². The summed E-state index contributed by atoms with van der Waals surface area (Å²) in [5.74, 6) is -1.92. The summed E-state index contributed by atoms with van der Waals surface area (Å²) in [5, 5.41) is 6.77. The number of para-hydroxylation sites is 1. The van der Waals surface area contributed by atoms with E-state index in [0.29, 0.717) is 11.4 Å². The molecule has 0 saturated carbocycles. The fraction of sp³-hybridized carbons (Fsp3) is 0.0588. The number of nitrogens with one attached hydrogen (secondary N) is 1. The van der Waals surface area contributed by atoms with Crippen molar-refractivity contribution in [3.63, 3.8) is 0 Å². The molecule has 116 valence electrons. The predicted octanol–water partition coefficient (Wildman–Crippen LogP) is 3.71. The third-order valence-electron chi connectivity index (χ3n) is 3.32. The lowest BCUT2D eigenvalue weighted by atomic mass is 10.2. The van der Waals surface area contributed by atoms with Crippen molar-refractivity contribution in [3.8, 4) is 5.69 Å². The highest BCUT2D eigenvalue weighted by Gasteiger charge is 2.16. The van der Waals surface area contributed by atoms with Crippen LogP contribution in [0.5, 0.6) is 0 Å². The monoisotopic (exact) mass is 313 g/mol. The van der Waals surface area contributed by atoms with Gasteiger partial charge in [0, 0.05) is 11.8 Å². The Kier molecular flexibility index (Phi) is 3.89. The van der Waals surface area contributed by atoms with E-state index in [1.54, 1.807) is 17.8 Å². The molecule has 0 saturated heterocycles. The quantitative estimate of drug-likeness (QED) is 0.801. The molecule has 1 heterocycles. The predicted molar refractivity (Wildman–Crippen MR) is 82.6 cm³/mol. The molecule has 1 N–H and O–H groups in total. The zero-order valence-electron chi connectivity index (χ0n) is 12.3. The number of hydrogen-bond acceptors (Lipinski definition) is 2. The Morgan fingerprint density at radius 2 is 1.87 bits per heavy atom. The van der Waals surface area contributed by atoms with Gasteiger partial charge in [0.25, 0.3) is 5.91 Å². The second-order valence-corrected chi connectivity index (χ2v) is 5.02. The van der Waals surface area contributed by atoms with E-state index in [2.05, 4.69) is 10.4 Å². The summed E-state index contributed by atoms with van der Waals surface area (Å²) in [5.41, 5.74) is 1.17. The number of amides is 1. The van der Waals surface area contributed by atoms with Crippen molar-refractivity contribution in [1.82, 2.24) is 9.78 Å². The minimum atomic E-state index is -0.788. The van der Waals surface area contributed by atoms with Gasteiger partial charge in [-0.2, -0.15) is 0 Å². The van der Waals surface area contributed by atoms with Crippen LogP contribution in [-0.4, -0.2) is 15.7 Å². The summed E-state index contributed by atoms with van der Waals surface area (Å²) < 4.78 is 28.4. The van der Waals surface area contributed by atoms with E-state index in [9.17, 15) is 13.6 Å². The van der Waals surface area contributed by atoms with E-state index in [1.807, 2.05) is 30.3 Å². The Morgan fingerprint density at radius 1 is 1.13 bits per heavy atom. The van der Waals surface area contributed by atoms with Crippen LogP contribution < -0.4 is 5.32 Å². The Morgan fingerprint density at radius 3 is 2.61 bits per heavy atom. The maximum atomic E-state index is 13.6. The summed E-state index contributed by atoms with van der Waals surface area (Å²) in [6.07, 6.45) is 1.74. The summed E-state index contributed by atoms with van der Waals surface area (Å²) in [4.78, 5) is 12.1. The molecular formula is C17H13F2N3O. The van der Waals surface area contributed by atoms with Crippen molar-refractivity contribution < 1.29 is 13.6 Å². The van der Waals surface area contributed by atoms with E-state index < -0.39 is 17.5 Å². The lowest BCUT2D eigenvalue weighted by Gasteiger charge is -2.05. The lowest BCUT2D eigenvalue weighted by molar-refractivity contribution is 0.102. The Labute approximate surface area is 131 Å². The number of aromatic nitrogens is 2. The molecule has 6 heteroatoms. The third kappa shape index (κ3) is 3.11. The average Bonchev–Trinajstić information content (AvgIpc) is 2.91. The first kappa shape index (κ1) is 14.9. The summed E-state index contributed by atoms with van der Waals surface area (Å²) in [6.45, 7) is 1.77. The summed E-state index contributed by atoms with van der Waals surface area (Å²) in [7, 11) is 0. The highest BCUT2D eigenvalue weighted by Crippen LogP contribution is 2.18. The van der Waals surface area contributed by atoms with Gasteiger partial charge in [0.15, 0.2) is 5.82 Å². The smallest absolute Gasteiger partial charge is 0.259 e. The molecule has 4 nitrogen and oxygen atoms in total. The largest absolute Gasteiger partial charge is 0.305 e. The maximum absolute atomic E-state index is 13.6. The molecule has 0 spiro atoms. The maximum Gasteiger partial charge on any atom is 0.259 e. The lowest BCUT2D eigenvalue weighted by Crippen LogP contribution is -2.15. The van der Waals surface area contributed by atoms with Crippen LogP contribution >= 0.6 is 0 Å². The number of anilines is 1. The molecular weight excluding hydrogens is 300 g/mol. The van der Waals surface area contributed by atoms with Crippen LogP contribution in [0, 0.1) is 18.6 Å². The Hall–Kier alpha value is -3.02. The second kappa shape index (κ2) is 6.00. The van der Waals surface area contributed by atoms with Gasteiger partial charge in [-0.05, 0) is 37.3 Å². The van der Waals surface area contributed by atoms with E-state index in [-0.39, 0.29) is 5.56 Å². The van der Waals surface area contributed by atoms with Gasteiger partial charge >= 0.3 is 0 Å². The Bertz CT molecular complexity index is 860. The van der Waals surface area contributed by atoms with Crippen LogP contribution in [-0.2, 0) is 0 Å². The summed E-state index contributed by atoms with van der Waals surface area (Å²) in [6, 6.07) is 12.1. The number of benzene rings is 2. The molecule has 1 amide bonds. The number of aryl methyl sites for hydroxylation is 1. The summed E-state index contributed by atoms with van der Waals surface area (Å²) >= 11 is 0. The number of hydrogen-bond donors (Lipinski definition) is 1. The highest BCUT2D eigenvalue weighted by molar-refractivity contribution is 6.04. The van der Waals surface area contributed by atoms with E-state index >= 15 is 0 Å². The highest BCUT2D eigenvalue weighted by atomic mass is 19.1. The molecule has 0 radical (unpaired) electrons. The van der Waals surface area contributed by atoms with Crippen molar-refractivity contribution in [2.75, 3.05) is 5.32 Å². The topological polar surface area (TPSA) is 46.9 Å². The minimum absolute atomic E-state index is 0.294. The number of nitrogens with zero attached hydrogens (tertiary/aromatic N) is 2. The first-order chi connectivity index (χ1) is 11.0. The fourth-order valence-corrected chi connectivity index (χ4v) is 2.14. The van der Waals surface area contributed by atoms with Gasteiger partial charge in [-0.1, -0.05) is 18.2 Å². The zero-order chi connectivity index (χ0) is 16.4. The van der Waals surface area contributed by atoms with Crippen molar-refractivity contribution in [2.24, 2.45) is 0 Å². The molecule has 0 fully saturated rings. The molecule has 2 aromatic carbocycles. The van der Waals surface area contributed by atoms with Crippen molar-refractivity contribution >= 4 is 11.7 Å². The van der Waals surface area contributed by atoms with Crippen LogP contribution in [0.3, 0.4) is 0 Å². The van der Waals surface area contributed by atoms with Gasteiger partial charge < -0.3 is 5.32 Å². The van der Waals surface area contributed by atoms with E-state index in [4.69, 9.17) is 0 Å². The zero-order valence-corrected chi connectivity index (χ0v) is 12.3. The Balaban J connectivity index is 1.87. The first-order valence-electron chi connectivity index (χ1n) is 6.92. The van der Waals surface area contributed by atoms with Gasteiger partial charge in [-0.25, -0.2) is 13.5 Å². The van der Waals surface area contributed by atoms with Gasteiger partial charge in [-0.3, -0.25) is 4.79 Å². The molecule has 0 atom stereocenters. The fourth-order valence-electron chi connectivity index (χ4n) is 2.14. The van der Waals surface area contributed by atoms with Crippen molar-refractivity contribution in [3.05, 3.63) is 77.5 Å². The standard InChI is InChI=1S/C17H13F2N3O/c1-11-10-22(13-5-3-2-4-6-13)21-16(11)20-17(23)14-9-12(18)7-8-15(14)19/h2-10H,1H3,(H,20,21,23). The molecule has 23 heavy (non-hydrogen) atoms. The second-order valence-electron chi connectivity index (χ2n) is 5.02. The molecule has 0 aliphatic rings. The first-order valence-corrected chi connectivity index (χ1v) is 6.92. The van der Waals surface area contributed by atoms with Crippen LogP contribution in [0.15, 0.2) is 54.7 Å². The number of carbonyl (C=O) groups is 1. The van der Waals surface area contributed by atoms with Crippen LogP contribution in [0.2, 0.25) is 0 Å². The van der Waals surface area contributed by atoms with Crippen molar-refractivity contribution in [1.29, 1.82) is 0 Å². The minimum Gasteiger partial charge on any atom is -0.305 e. The molecule has 0 bridgehead atoms. The molecule has 0 aliphatic carbocycles. The van der Waals surface area contributed by atoms with Gasteiger partial charge in [0.05, 0.1) is 11.3 Å². The van der Waals surface area contributed by atoms with Crippen LogP contribution in [0.4, 0.5) is 14.6 Å². The molecule has 0 unspecified atom stereocenters. The van der Waals surface area contributed by atoms with E-state index in [1.165, 1.54) is 0 Å². The van der Waals surface area contributed by atoms with Crippen LogP contribution in [0.25, 0.3) is 5.69 Å². The van der Waals surface area contributed by atoms with Crippen molar-refractivity contribution in [2.45, 2.75) is 6.92 Å². The molecule has 0 aliphatic heterocycles. The normalized spacial score (nSPS) is 10.6. The van der Waals surface area contributed by atoms with Gasteiger partial charge in [0.1, 0.15) is 11.6 Å². The van der Waals surface area contributed by atoms with Gasteiger partial charge in [0.2, 0.25) is 0 Å². The number of rotatable bonds is 3. The van der Waals surface area contributed by atoms with Crippen LogP contribution in [0.1, 0.15) is 15.9 Å². The third-order valence-corrected chi connectivity index (χ3v) is 3.32. The SMILES string of the molecule is Cc1cn(-c2ccccc2)nc1NC(=O)c1cc(F)ccc1F. The molecule has 3 aromatic rings. The number of carbonyl (C=O) groups excluding carboxylic acids is 1. The molecule has 1 aromatic heterocycles. The number of halogens is 2. The average molecular weight is 313 g/mol.